The number of fused-ring (bicyclic) bond motifs is 6. The zero-order valence-corrected chi connectivity index (χ0v) is 34.4. The van der Waals surface area contributed by atoms with E-state index in [0.29, 0.717) is 5.82 Å². The van der Waals surface area contributed by atoms with Crippen LogP contribution in [-0.4, -0.2) is 15.0 Å². The van der Waals surface area contributed by atoms with Crippen molar-refractivity contribution in [2.75, 3.05) is 0 Å². The van der Waals surface area contributed by atoms with Crippen LogP contribution in [0.4, 0.5) is 0 Å². The molecule has 0 N–H and O–H groups in total. The lowest BCUT2D eigenvalue weighted by atomic mass is 9.66. The minimum atomic E-state index is -0.581. The van der Waals surface area contributed by atoms with Gasteiger partial charge < -0.3 is 0 Å². The number of rotatable bonds is 7. The molecule has 0 bridgehead atoms. The maximum atomic E-state index is 5.35. The smallest absolute Gasteiger partial charge is 0.161 e. The monoisotopic (exact) mass is 801 g/mol. The first-order chi connectivity index (χ1) is 31.3. The summed E-state index contributed by atoms with van der Waals surface area (Å²) in [5.41, 5.74) is 16.4. The molecule has 0 atom stereocenters. The first-order valence-corrected chi connectivity index (χ1v) is 21.5. The van der Waals surface area contributed by atoms with Crippen LogP contribution < -0.4 is 0 Å². The Hall–Kier alpha value is -8.27. The molecular formula is C60H39N3. The molecule has 0 amide bonds. The van der Waals surface area contributed by atoms with Crippen LogP contribution in [-0.2, 0) is 5.41 Å². The van der Waals surface area contributed by atoms with Crippen molar-refractivity contribution in [2.45, 2.75) is 5.41 Å². The van der Waals surface area contributed by atoms with E-state index in [0.717, 1.165) is 50.0 Å². The SMILES string of the molecule is c1ccc(-c2cc(-c3ccc(-c4cccnc4)cc3)nc(-c3ccc(-c4cccc5c4C(c4ccccc4)(c4ccccc4)c4ccc6ccccc6c4-5)c4ccccc34)n2)cc1. The van der Waals surface area contributed by atoms with Crippen molar-refractivity contribution in [1.29, 1.82) is 0 Å². The van der Waals surface area contributed by atoms with Crippen LogP contribution in [0, 0.1) is 0 Å². The fraction of sp³-hybridized carbons (Fsp3) is 0.0167. The average molecular weight is 802 g/mol. The van der Waals surface area contributed by atoms with E-state index >= 15 is 0 Å². The van der Waals surface area contributed by atoms with Crippen LogP contribution in [0.1, 0.15) is 22.3 Å². The zero-order valence-electron chi connectivity index (χ0n) is 34.4. The van der Waals surface area contributed by atoms with E-state index < -0.39 is 5.41 Å². The molecule has 0 radical (unpaired) electrons. The van der Waals surface area contributed by atoms with Crippen molar-refractivity contribution < 1.29 is 0 Å². The molecule has 0 saturated heterocycles. The van der Waals surface area contributed by atoms with Gasteiger partial charge in [-0.3, -0.25) is 4.98 Å². The standard InChI is InChI=1S/C60H39N3/c1-4-17-42(18-5-1)55-38-56(43-31-29-40(30-32-43)44-19-15-37-61-39-44)63-59(62-55)52-35-34-50(48-25-12-13-26-49(48)52)51-27-14-28-53-57-47-24-11-10-16-41(47)33-36-54(57)60(58(51)53,45-20-6-2-7-21-45)46-22-8-3-9-23-46/h1-39H. The third kappa shape index (κ3) is 5.93. The molecule has 1 aliphatic carbocycles. The van der Waals surface area contributed by atoms with E-state index in [1.165, 1.54) is 55.3 Å². The number of pyridine rings is 1. The predicted octanol–water partition coefficient (Wildman–Crippen LogP) is 14.9. The molecule has 9 aromatic carbocycles. The van der Waals surface area contributed by atoms with Gasteiger partial charge in [0.15, 0.2) is 5.82 Å². The Morgan fingerprint density at radius 2 is 0.905 bits per heavy atom. The van der Waals surface area contributed by atoms with Crippen molar-refractivity contribution in [2.24, 2.45) is 0 Å². The van der Waals surface area contributed by atoms with Crippen molar-refractivity contribution in [3.8, 4) is 67.3 Å². The number of hydrogen-bond donors (Lipinski definition) is 0. The molecule has 1 aliphatic rings. The fourth-order valence-corrected chi connectivity index (χ4v) is 10.1. The van der Waals surface area contributed by atoms with Crippen molar-refractivity contribution in [1.82, 2.24) is 15.0 Å². The highest BCUT2D eigenvalue weighted by atomic mass is 14.9. The highest BCUT2D eigenvalue weighted by molar-refractivity contribution is 6.09. The lowest BCUT2D eigenvalue weighted by Gasteiger charge is -2.35. The van der Waals surface area contributed by atoms with E-state index in [2.05, 4.69) is 217 Å². The fourth-order valence-electron chi connectivity index (χ4n) is 10.1. The summed E-state index contributed by atoms with van der Waals surface area (Å²) in [7, 11) is 0. The quantitative estimate of drug-likeness (QED) is 0.161. The highest BCUT2D eigenvalue weighted by Crippen LogP contribution is 2.60. The number of aromatic nitrogens is 3. The Balaban J connectivity index is 1.09. The molecule has 3 nitrogen and oxygen atoms in total. The van der Waals surface area contributed by atoms with Crippen LogP contribution in [0.2, 0.25) is 0 Å². The second-order valence-corrected chi connectivity index (χ2v) is 16.3. The van der Waals surface area contributed by atoms with Gasteiger partial charge in [-0.05, 0) is 95.4 Å². The predicted molar refractivity (Wildman–Crippen MR) is 259 cm³/mol. The van der Waals surface area contributed by atoms with Gasteiger partial charge in [0, 0.05) is 29.1 Å². The minimum Gasteiger partial charge on any atom is -0.264 e. The normalized spacial score (nSPS) is 12.6. The Morgan fingerprint density at radius 1 is 0.349 bits per heavy atom. The largest absolute Gasteiger partial charge is 0.264 e. The van der Waals surface area contributed by atoms with E-state index in [1.807, 2.05) is 18.3 Å². The number of benzene rings is 9. The van der Waals surface area contributed by atoms with Gasteiger partial charge in [-0.25, -0.2) is 9.97 Å². The lowest BCUT2D eigenvalue weighted by molar-refractivity contribution is 0.771. The number of hydrogen-bond acceptors (Lipinski definition) is 3. The van der Waals surface area contributed by atoms with Crippen LogP contribution in [0.5, 0.6) is 0 Å². The summed E-state index contributed by atoms with van der Waals surface area (Å²) in [6.07, 6.45) is 3.70. The summed E-state index contributed by atoms with van der Waals surface area (Å²) in [6, 6.07) is 81.0. The third-order valence-electron chi connectivity index (χ3n) is 12.9. The van der Waals surface area contributed by atoms with Gasteiger partial charge >= 0.3 is 0 Å². The summed E-state index contributed by atoms with van der Waals surface area (Å²) in [6.45, 7) is 0. The molecule has 294 valence electrons. The maximum absolute atomic E-state index is 5.35. The van der Waals surface area contributed by atoms with Gasteiger partial charge in [0.25, 0.3) is 0 Å². The molecule has 2 heterocycles. The van der Waals surface area contributed by atoms with Gasteiger partial charge in [0.1, 0.15) is 0 Å². The van der Waals surface area contributed by atoms with Crippen LogP contribution >= 0.6 is 0 Å². The molecule has 0 unspecified atom stereocenters. The maximum Gasteiger partial charge on any atom is 0.161 e. The minimum absolute atomic E-state index is 0.581. The molecule has 63 heavy (non-hydrogen) atoms. The van der Waals surface area contributed by atoms with Gasteiger partial charge in [-0.2, -0.15) is 0 Å². The molecule has 11 aromatic rings. The Morgan fingerprint density at radius 3 is 1.59 bits per heavy atom. The Bertz CT molecular complexity index is 3430. The summed E-state index contributed by atoms with van der Waals surface area (Å²) in [4.78, 5) is 15.0. The zero-order chi connectivity index (χ0) is 41.7. The van der Waals surface area contributed by atoms with Gasteiger partial charge in [0.05, 0.1) is 16.8 Å². The van der Waals surface area contributed by atoms with Gasteiger partial charge in [0.2, 0.25) is 0 Å². The molecule has 0 spiro atoms. The molecule has 3 heteroatoms. The first-order valence-electron chi connectivity index (χ1n) is 21.5. The van der Waals surface area contributed by atoms with Crippen LogP contribution in [0.25, 0.3) is 88.8 Å². The Kier molecular flexibility index (Phi) is 8.72. The van der Waals surface area contributed by atoms with E-state index in [-0.39, 0.29) is 0 Å². The third-order valence-corrected chi connectivity index (χ3v) is 12.9. The first kappa shape index (κ1) is 36.6. The van der Waals surface area contributed by atoms with Gasteiger partial charge in [-0.15, -0.1) is 0 Å². The number of nitrogens with zero attached hydrogens (tertiary/aromatic N) is 3. The highest BCUT2D eigenvalue weighted by Gasteiger charge is 2.48. The summed E-state index contributed by atoms with van der Waals surface area (Å²) < 4.78 is 0. The summed E-state index contributed by atoms with van der Waals surface area (Å²) >= 11 is 0. The molecular weight excluding hydrogens is 763 g/mol. The van der Waals surface area contributed by atoms with Crippen molar-refractivity contribution in [3.05, 3.63) is 259 Å². The summed E-state index contributed by atoms with van der Waals surface area (Å²) in [5.74, 6) is 0.686. The molecule has 0 fully saturated rings. The molecule has 2 aromatic heterocycles. The van der Waals surface area contributed by atoms with E-state index in [1.54, 1.807) is 6.20 Å². The molecule has 12 rings (SSSR count). The van der Waals surface area contributed by atoms with Crippen molar-refractivity contribution >= 4 is 21.5 Å². The van der Waals surface area contributed by atoms with E-state index in [4.69, 9.17) is 9.97 Å². The van der Waals surface area contributed by atoms with Gasteiger partial charge in [-0.1, -0.05) is 206 Å². The second kappa shape index (κ2) is 15.0. The lowest BCUT2D eigenvalue weighted by Crippen LogP contribution is -2.29. The van der Waals surface area contributed by atoms with Crippen molar-refractivity contribution in [3.63, 3.8) is 0 Å². The Labute approximate surface area is 366 Å². The van der Waals surface area contributed by atoms with Crippen LogP contribution in [0.15, 0.2) is 237 Å². The molecule has 0 saturated carbocycles. The average Bonchev–Trinajstić information content (AvgIpc) is 3.69. The van der Waals surface area contributed by atoms with E-state index in [9.17, 15) is 0 Å². The second-order valence-electron chi connectivity index (χ2n) is 16.3. The van der Waals surface area contributed by atoms with Crippen LogP contribution in [0.3, 0.4) is 0 Å². The molecule has 0 aliphatic heterocycles. The summed E-state index contributed by atoms with van der Waals surface area (Å²) in [5, 5.41) is 4.75. The topological polar surface area (TPSA) is 38.7 Å².